The van der Waals surface area contributed by atoms with Crippen LogP contribution in [-0.2, 0) is 11.3 Å². The lowest BCUT2D eigenvalue weighted by Crippen LogP contribution is -1.89. The van der Waals surface area contributed by atoms with Crippen LogP contribution >= 0.6 is 0 Å². The number of pyridine rings is 1. The molecule has 0 aliphatic carbocycles. The minimum absolute atomic E-state index is 0.290. The molecule has 0 aliphatic heterocycles. The van der Waals surface area contributed by atoms with Crippen molar-refractivity contribution >= 4 is 10.9 Å². The summed E-state index contributed by atoms with van der Waals surface area (Å²) in [6, 6.07) is 6.28. The van der Waals surface area contributed by atoms with Gasteiger partial charge in [-0.3, -0.25) is 10.1 Å². The number of aromatic amines is 1. The monoisotopic (exact) mass is 258 g/mol. The highest BCUT2D eigenvalue weighted by atomic mass is 19.1. The van der Waals surface area contributed by atoms with Gasteiger partial charge >= 0.3 is 0 Å². The lowest BCUT2D eigenvalue weighted by Gasteiger charge is -1.99. The topological polar surface area (TPSA) is 63.7 Å². The smallest absolute Gasteiger partial charge is 0.182 e. The fourth-order valence-corrected chi connectivity index (χ4v) is 1.85. The molecular weight excluding hydrogens is 247 g/mol. The molecule has 3 aromatic rings. The molecule has 5 nitrogen and oxygen atoms in total. The maximum Gasteiger partial charge on any atom is 0.182 e. The number of nitrogens with zero attached hydrogens (tertiary/aromatic N) is 3. The summed E-state index contributed by atoms with van der Waals surface area (Å²) in [7, 11) is 1.59. The van der Waals surface area contributed by atoms with Crippen LogP contribution in [0.3, 0.4) is 0 Å². The molecule has 6 heteroatoms. The number of fused-ring (bicyclic) bond motifs is 1. The van der Waals surface area contributed by atoms with E-state index in [-0.39, 0.29) is 5.82 Å². The number of rotatable bonds is 3. The van der Waals surface area contributed by atoms with Gasteiger partial charge in [0.1, 0.15) is 12.4 Å². The zero-order valence-corrected chi connectivity index (χ0v) is 10.2. The van der Waals surface area contributed by atoms with E-state index < -0.39 is 0 Å². The summed E-state index contributed by atoms with van der Waals surface area (Å²) in [5.41, 5.74) is 1.47. The molecule has 0 fully saturated rings. The van der Waals surface area contributed by atoms with Crippen LogP contribution in [-0.4, -0.2) is 27.3 Å². The SMILES string of the molecule is COCc1nc(-c2cnc3ccc(F)cc3c2)n[nH]1. The molecule has 0 saturated carbocycles. The number of methoxy groups -OCH3 is 1. The Hall–Kier alpha value is -2.34. The van der Waals surface area contributed by atoms with Crippen molar-refractivity contribution in [1.29, 1.82) is 0 Å². The largest absolute Gasteiger partial charge is 0.377 e. The predicted octanol–water partition coefficient (Wildman–Crippen LogP) is 2.31. The highest BCUT2D eigenvalue weighted by Crippen LogP contribution is 2.20. The molecule has 1 N–H and O–H groups in total. The van der Waals surface area contributed by atoms with E-state index in [9.17, 15) is 4.39 Å². The fraction of sp³-hybridized carbons (Fsp3) is 0.154. The first-order chi connectivity index (χ1) is 9.26. The third-order valence-corrected chi connectivity index (χ3v) is 2.71. The van der Waals surface area contributed by atoms with Crippen LogP contribution in [0.2, 0.25) is 0 Å². The zero-order valence-electron chi connectivity index (χ0n) is 10.2. The summed E-state index contributed by atoms with van der Waals surface area (Å²) in [5, 5.41) is 7.58. The Labute approximate surface area is 108 Å². The van der Waals surface area contributed by atoms with Gasteiger partial charge in [0.15, 0.2) is 11.6 Å². The van der Waals surface area contributed by atoms with E-state index in [0.29, 0.717) is 18.3 Å². The first-order valence-corrected chi connectivity index (χ1v) is 5.72. The first kappa shape index (κ1) is 11.7. The molecule has 0 amide bonds. The van der Waals surface area contributed by atoms with Crippen LogP contribution in [0.5, 0.6) is 0 Å². The number of ether oxygens (including phenoxy) is 1. The van der Waals surface area contributed by atoms with E-state index in [4.69, 9.17) is 4.74 Å². The lowest BCUT2D eigenvalue weighted by atomic mass is 10.1. The van der Waals surface area contributed by atoms with Gasteiger partial charge in [-0.1, -0.05) is 0 Å². The second kappa shape index (κ2) is 4.74. The van der Waals surface area contributed by atoms with Gasteiger partial charge in [0.25, 0.3) is 0 Å². The number of nitrogens with one attached hydrogen (secondary N) is 1. The van der Waals surface area contributed by atoms with Gasteiger partial charge in [-0.25, -0.2) is 9.37 Å². The summed E-state index contributed by atoms with van der Waals surface area (Å²) in [6.07, 6.45) is 1.67. The van der Waals surface area contributed by atoms with Crippen molar-refractivity contribution in [2.75, 3.05) is 7.11 Å². The molecule has 0 spiro atoms. The molecule has 3 rings (SSSR count). The maximum absolute atomic E-state index is 13.2. The van der Waals surface area contributed by atoms with Gasteiger partial charge in [-0.05, 0) is 24.3 Å². The molecule has 0 bridgehead atoms. The third kappa shape index (κ3) is 2.30. The van der Waals surface area contributed by atoms with Gasteiger partial charge in [0, 0.05) is 24.3 Å². The van der Waals surface area contributed by atoms with Gasteiger partial charge in [-0.2, -0.15) is 5.10 Å². The van der Waals surface area contributed by atoms with Crippen molar-refractivity contribution in [2.24, 2.45) is 0 Å². The van der Waals surface area contributed by atoms with E-state index in [0.717, 1.165) is 16.5 Å². The van der Waals surface area contributed by atoms with Crippen LogP contribution in [0, 0.1) is 5.82 Å². The van der Waals surface area contributed by atoms with Crippen molar-refractivity contribution in [3.8, 4) is 11.4 Å². The number of H-pyrrole nitrogens is 1. The van der Waals surface area contributed by atoms with Crippen molar-refractivity contribution in [1.82, 2.24) is 20.2 Å². The van der Waals surface area contributed by atoms with Crippen LogP contribution in [0.25, 0.3) is 22.3 Å². The minimum atomic E-state index is -0.290. The summed E-state index contributed by atoms with van der Waals surface area (Å²) in [5.74, 6) is 0.865. The molecule has 0 unspecified atom stereocenters. The van der Waals surface area contributed by atoms with Crippen molar-refractivity contribution in [3.05, 3.63) is 42.1 Å². The normalized spacial score (nSPS) is 11.1. The summed E-state index contributed by atoms with van der Waals surface area (Å²) >= 11 is 0. The van der Waals surface area contributed by atoms with E-state index in [1.165, 1.54) is 12.1 Å². The van der Waals surface area contributed by atoms with E-state index in [1.54, 1.807) is 19.4 Å². The van der Waals surface area contributed by atoms with Crippen molar-refractivity contribution < 1.29 is 9.13 Å². The summed E-state index contributed by atoms with van der Waals surface area (Å²) < 4.78 is 18.2. The van der Waals surface area contributed by atoms with Crippen LogP contribution < -0.4 is 0 Å². The van der Waals surface area contributed by atoms with E-state index in [1.807, 2.05) is 6.07 Å². The number of halogens is 1. The Morgan fingerprint density at radius 3 is 3.05 bits per heavy atom. The highest BCUT2D eigenvalue weighted by Gasteiger charge is 2.07. The van der Waals surface area contributed by atoms with Gasteiger partial charge in [-0.15, -0.1) is 0 Å². The first-order valence-electron chi connectivity index (χ1n) is 5.72. The Bertz CT molecular complexity index is 725. The predicted molar refractivity (Wildman–Crippen MR) is 67.8 cm³/mol. The number of hydrogen-bond donors (Lipinski definition) is 1. The van der Waals surface area contributed by atoms with Crippen LogP contribution in [0.1, 0.15) is 5.82 Å². The lowest BCUT2D eigenvalue weighted by molar-refractivity contribution is 0.178. The van der Waals surface area contributed by atoms with Crippen molar-refractivity contribution in [2.45, 2.75) is 6.61 Å². The molecule has 96 valence electrons. The average molecular weight is 258 g/mol. The minimum Gasteiger partial charge on any atom is -0.377 e. The van der Waals surface area contributed by atoms with Gasteiger partial charge in [0.05, 0.1) is 5.52 Å². The second-order valence-corrected chi connectivity index (χ2v) is 4.10. The summed E-state index contributed by atoms with van der Waals surface area (Å²) in [4.78, 5) is 8.54. The Morgan fingerprint density at radius 1 is 1.32 bits per heavy atom. The molecule has 0 radical (unpaired) electrons. The standard InChI is InChI=1S/C13H11FN4O/c1-19-7-12-16-13(18-17-12)9-4-8-5-10(14)2-3-11(8)15-6-9/h2-6H,7H2,1H3,(H,16,17,18). The van der Waals surface area contributed by atoms with Crippen molar-refractivity contribution in [3.63, 3.8) is 0 Å². The number of hydrogen-bond acceptors (Lipinski definition) is 4. The molecule has 1 aromatic carbocycles. The highest BCUT2D eigenvalue weighted by molar-refractivity contribution is 5.82. The summed E-state index contributed by atoms with van der Waals surface area (Å²) in [6.45, 7) is 0.364. The molecule has 2 aromatic heterocycles. The molecule has 2 heterocycles. The molecule has 19 heavy (non-hydrogen) atoms. The van der Waals surface area contributed by atoms with Crippen LogP contribution in [0.4, 0.5) is 4.39 Å². The fourth-order valence-electron chi connectivity index (χ4n) is 1.85. The third-order valence-electron chi connectivity index (χ3n) is 2.71. The second-order valence-electron chi connectivity index (χ2n) is 4.10. The van der Waals surface area contributed by atoms with Gasteiger partial charge in [0.2, 0.25) is 0 Å². The molecule has 0 saturated heterocycles. The quantitative estimate of drug-likeness (QED) is 0.783. The number of aromatic nitrogens is 4. The molecule has 0 atom stereocenters. The van der Waals surface area contributed by atoms with Crippen LogP contribution in [0.15, 0.2) is 30.5 Å². The zero-order chi connectivity index (χ0) is 13.2. The van der Waals surface area contributed by atoms with Gasteiger partial charge < -0.3 is 4.74 Å². The Kier molecular flexibility index (Phi) is 2.92. The Balaban J connectivity index is 2.03. The average Bonchev–Trinajstić information content (AvgIpc) is 2.87. The molecule has 0 aliphatic rings. The van der Waals surface area contributed by atoms with E-state index >= 15 is 0 Å². The molecular formula is C13H11FN4O. The van der Waals surface area contributed by atoms with E-state index in [2.05, 4.69) is 20.2 Å². The maximum atomic E-state index is 13.2. The number of benzene rings is 1. The Morgan fingerprint density at radius 2 is 2.21 bits per heavy atom.